The van der Waals surface area contributed by atoms with E-state index in [-0.39, 0.29) is 0 Å². The van der Waals surface area contributed by atoms with Gasteiger partial charge in [-0.05, 0) is 45.7 Å². The highest BCUT2D eigenvalue weighted by molar-refractivity contribution is 5.07. The average molecular weight is 277 g/mol. The summed E-state index contributed by atoms with van der Waals surface area (Å²) in [7, 11) is 0. The zero-order valence-electron chi connectivity index (χ0n) is 11.6. The second-order valence-corrected chi connectivity index (χ2v) is 5.45. The Morgan fingerprint density at radius 3 is 2.42 bits per heavy atom. The van der Waals surface area contributed by atoms with Gasteiger partial charge < -0.3 is 0 Å². The van der Waals surface area contributed by atoms with Crippen molar-refractivity contribution in [3.8, 4) is 6.07 Å². The fraction of sp³-hybridized carbons (Fsp3) is 0.923. The third-order valence-corrected chi connectivity index (χ3v) is 3.35. The van der Waals surface area contributed by atoms with Crippen molar-refractivity contribution >= 4 is 0 Å². The number of hydrogen-bond donors (Lipinski definition) is 1. The van der Waals surface area contributed by atoms with Crippen LogP contribution in [-0.4, -0.2) is 42.3 Å². The van der Waals surface area contributed by atoms with E-state index in [2.05, 4.69) is 11.4 Å². The minimum atomic E-state index is -4.15. The van der Waals surface area contributed by atoms with Crippen LogP contribution in [0.1, 0.15) is 39.5 Å². The van der Waals surface area contributed by atoms with E-state index in [1.165, 1.54) is 4.90 Å². The summed E-state index contributed by atoms with van der Waals surface area (Å²) in [6.07, 6.45) is -0.804. The van der Waals surface area contributed by atoms with Crippen molar-refractivity contribution in [2.75, 3.05) is 19.6 Å². The van der Waals surface area contributed by atoms with Gasteiger partial charge in [0.2, 0.25) is 0 Å². The molecule has 0 aromatic rings. The second-order valence-electron chi connectivity index (χ2n) is 5.45. The zero-order chi connectivity index (χ0) is 14.5. The zero-order valence-corrected chi connectivity index (χ0v) is 11.6. The smallest absolute Gasteiger partial charge is 0.297 e. The molecule has 0 radical (unpaired) electrons. The standard InChI is InChI=1S/C13H22F3N3/c1-3-19(10-13(14,15)16)8-4-7-12(2,9-17)18-11-5-6-11/h11,18H,3-8,10H2,1-2H3. The van der Waals surface area contributed by atoms with Crippen LogP contribution in [0.15, 0.2) is 0 Å². The van der Waals surface area contributed by atoms with Crippen molar-refractivity contribution in [3.05, 3.63) is 0 Å². The Bertz CT molecular complexity index is 320. The number of hydrogen-bond acceptors (Lipinski definition) is 3. The SMILES string of the molecule is CCN(CCCC(C)(C#N)NC1CC1)CC(F)(F)F. The van der Waals surface area contributed by atoms with Gasteiger partial charge in [-0.1, -0.05) is 6.92 Å². The van der Waals surface area contributed by atoms with E-state index in [1.54, 1.807) is 6.92 Å². The maximum Gasteiger partial charge on any atom is 0.401 e. The van der Waals surface area contributed by atoms with Crippen LogP contribution in [0.5, 0.6) is 0 Å². The largest absolute Gasteiger partial charge is 0.401 e. The van der Waals surface area contributed by atoms with Crippen molar-refractivity contribution < 1.29 is 13.2 Å². The molecule has 1 atom stereocenters. The van der Waals surface area contributed by atoms with Crippen molar-refractivity contribution in [1.29, 1.82) is 5.26 Å². The lowest BCUT2D eigenvalue weighted by molar-refractivity contribution is -0.145. The van der Waals surface area contributed by atoms with Crippen molar-refractivity contribution in [3.63, 3.8) is 0 Å². The molecule has 110 valence electrons. The molecule has 0 aromatic carbocycles. The van der Waals surface area contributed by atoms with E-state index in [0.717, 1.165) is 12.8 Å². The number of nitriles is 1. The number of rotatable bonds is 8. The molecule has 1 rings (SSSR count). The normalized spacial score (nSPS) is 19.2. The van der Waals surface area contributed by atoms with Crippen LogP contribution in [-0.2, 0) is 0 Å². The third-order valence-electron chi connectivity index (χ3n) is 3.35. The summed E-state index contributed by atoms with van der Waals surface area (Å²) >= 11 is 0. The average Bonchev–Trinajstić information content (AvgIpc) is 3.10. The Morgan fingerprint density at radius 2 is 2.00 bits per heavy atom. The van der Waals surface area contributed by atoms with E-state index in [9.17, 15) is 13.2 Å². The Kier molecular flexibility index (Phi) is 5.63. The van der Waals surface area contributed by atoms with E-state index in [4.69, 9.17) is 5.26 Å². The van der Waals surface area contributed by atoms with E-state index in [1.807, 2.05) is 6.92 Å². The molecule has 3 nitrogen and oxygen atoms in total. The molecule has 1 aliphatic carbocycles. The number of nitrogens with one attached hydrogen (secondary N) is 1. The van der Waals surface area contributed by atoms with Gasteiger partial charge in [-0.25, -0.2) is 0 Å². The molecular formula is C13H22F3N3. The molecule has 19 heavy (non-hydrogen) atoms. The van der Waals surface area contributed by atoms with Gasteiger partial charge in [-0.3, -0.25) is 10.2 Å². The van der Waals surface area contributed by atoms with Crippen molar-refractivity contribution in [1.82, 2.24) is 10.2 Å². The first-order valence-electron chi connectivity index (χ1n) is 6.76. The minimum Gasteiger partial charge on any atom is -0.297 e. The lowest BCUT2D eigenvalue weighted by Crippen LogP contribution is -2.43. The highest BCUT2D eigenvalue weighted by Crippen LogP contribution is 2.24. The van der Waals surface area contributed by atoms with Crippen LogP contribution in [0, 0.1) is 11.3 Å². The highest BCUT2D eigenvalue weighted by Gasteiger charge is 2.33. The predicted octanol–water partition coefficient (Wildman–Crippen LogP) is 2.69. The topological polar surface area (TPSA) is 39.1 Å². The molecule has 1 fully saturated rings. The summed E-state index contributed by atoms with van der Waals surface area (Å²) in [4.78, 5) is 1.37. The van der Waals surface area contributed by atoms with Crippen LogP contribution in [0.3, 0.4) is 0 Å². The van der Waals surface area contributed by atoms with E-state index in [0.29, 0.717) is 32.0 Å². The number of alkyl halides is 3. The first-order chi connectivity index (χ1) is 8.78. The van der Waals surface area contributed by atoms with Gasteiger partial charge in [0.1, 0.15) is 5.54 Å². The van der Waals surface area contributed by atoms with Gasteiger partial charge in [0, 0.05) is 6.04 Å². The van der Waals surface area contributed by atoms with Crippen molar-refractivity contribution in [2.45, 2.75) is 57.3 Å². The van der Waals surface area contributed by atoms with Gasteiger partial charge in [-0.2, -0.15) is 18.4 Å². The van der Waals surface area contributed by atoms with Crippen molar-refractivity contribution in [2.24, 2.45) is 0 Å². The Balaban J connectivity index is 2.31. The first kappa shape index (κ1) is 16.3. The minimum absolute atomic E-state index is 0.374. The molecule has 0 amide bonds. The molecule has 0 bridgehead atoms. The third kappa shape index (κ3) is 6.79. The molecule has 1 aliphatic rings. The lowest BCUT2D eigenvalue weighted by atomic mass is 9.97. The van der Waals surface area contributed by atoms with Gasteiger partial charge in [-0.15, -0.1) is 0 Å². The summed E-state index contributed by atoms with van der Waals surface area (Å²) in [5.41, 5.74) is -0.612. The van der Waals surface area contributed by atoms with Gasteiger partial charge in [0.05, 0.1) is 12.6 Å². The fourth-order valence-electron chi connectivity index (χ4n) is 2.10. The molecule has 0 aliphatic heterocycles. The molecule has 0 aromatic heterocycles. The molecule has 1 saturated carbocycles. The quantitative estimate of drug-likeness (QED) is 0.741. The molecular weight excluding hydrogens is 255 g/mol. The molecule has 6 heteroatoms. The molecule has 1 N–H and O–H groups in total. The summed E-state index contributed by atoms with van der Waals surface area (Å²) < 4.78 is 36.9. The first-order valence-corrected chi connectivity index (χ1v) is 6.76. The van der Waals surface area contributed by atoms with E-state index < -0.39 is 18.3 Å². The Morgan fingerprint density at radius 1 is 1.37 bits per heavy atom. The van der Waals surface area contributed by atoms with Crippen LogP contribution < -0.4 is 5.32 Å². The molecule has 1 unspecified atom stereocenters. The molecule has 0 heterocycles. The van der Waals surface area contributed by atoms with Gasteiger partial charge in [0.25, 0.3) is 0 Å². The lowest BCUT2D eigenvalue weighted by Gasteiger charge is -2.26. The Hall–Kier alpha value is -0.800. The van der Waals surface area contributed by atoms with Crippen LogP contribution >= 0.6 is 0 Å². The summed E-state index contributed by atoms with van der Waals surface area (Å²) in [5.74, 6) is 0. The fourth-order valence-corrected chi connectivity index (χ4v) is 2.10. The summed E-state index contributed by atoms with van der Waals surface area (Å²) in [5, 5.41) is 12.4. The van der Waals surface area contributed by atoms with Gasteiger partial charge in [0.15, 0.2) is 0 Å². The van der Waals surface area contributed by atoms with Crippen LogP contribution in [0.25, 0.3) is 0 Å². The Labute approximate surface area is 112 Å². The monoisotopic (exact) mass is 277 g/mol. The van der Waals surface area contributed by atoms with E-state index >= 15 is 0 Å². The number of nitrogens with zero attached hydrogens (tertiary/aromatic N) is 2. The predicted molar refractivity (Wildman–Crippen MR) is 67.6 cm³/mol. The van der Waals surface area contributed by atoms with Gasteiger partial charge >= 0.3 is 6.18 Å². The summed E-state index contributed by atoms with van der Waals surface area (Å²) in [6.45, 7) is 3.42. The maximum atomic E-state index is 12.3. The van der Waals surface area contributed by atoms with Crippen LogP contribution in [0.2, 0.25) is 0 Å². The maximum absolute atomic E-state index is 12.3. The molecule has 0 saturated heterocycles. The van der Waals surface area contributed by atoms with Crippen LogP contribution in [0.4, 0.5) is 13.2 Å². The highest BCUT2D eigenvalue weighted by atomic mass is 19.4. The second kappa shape index (κ2) is 6.58. The molecule has 0 spiro atoms. The number of halogens is 3. The summed E-state index contributed by atoms with van der Waals surface area (Å²) in [6, 6.07) is 2.66.